The molecule has 0 bridgehead atoms. The van der Waals surface area contributed by atoms with Crippen LogP contribution in [-0.4, -0.2) is 36.6 Å². The Morgan fingerprint density at radius 3 is 2.29 bits per heavy atom. The molecule has 0 aromatic heterocycles. The average Bonchev–Trinajstić information content (AvgIpc) is 3.18. The Balaban J connectivity index is 1.67. The van der Waals surface area contributed by atoms with Gasteiger partial charge in [0.25, 0.3) is 5.91 Å². The third-order valence-electron chi connectivity index (χ3n) is 5.47. The van der Waals surface area contributed by atoms with Gasteiger partial charge in [-0.1, -0.05) is 52.8 Å². The number of amides is 2. The van der Waals surface area contributed by atoms with E-state index in [1.807, 2.05) is 56.3 Å². The second-order valence-corrected chi connectivity index (χ2v) is 9.40. The lowest BCUT2D eigenvalue weighted by atomic mass is 9.86. The number of nitrogens with zero attached hydrogens (tertiary/aromatic N) is 1. The number of rotatable bonds is 6. The largest absolute Gasteiger partial charge is 0.454 e. The second-order valence-electron chi connectivity index (χ2n) is 9.40. The summed E-state index contributed by atoms with van der Waals surface area (Å²) >= 11 is 0. The molecule has 0 fully saturated rings. The Morgan fingerprint density at radius 2 is 1.68 bits per heavy atom. The minimum Gasteiger partial charge on any atom is -0.454 e. The van der Waals surface area contributed by atoms with E-state index in [-0.39, 0.29) is 29.9 Å². The molecule has 31 heavy (non-hydrogen) atoms. The molecule has 0 saturated carbocycles. The fraction of sp³-hybridized carbons (Fsp3) is 0.440. The molecule has 0 radical (unpaired) electrons. The molecule has 2 amide bonds. The van der Waals surface area contributed by atoms with Crippen LogP contribution in [0.4, 0.5) is 0 Å². The summed E-state index contributed by atoms with van der Waals surface area (Å²) in [4.78, 5) is 27.6. The molecule has 6 heteroatoms. The molecular formula is C25H32N2O4. The van der Waals surface area contributed by atoms with Gasteiger partial charge < -0.3 is 19.7 Å². The van der Waals surface area contributed by atoms with Gasteiger partial charge in [-0.3, -0.25) is 9.59 Å². The van der Waals surface area contributed by atoms with Crippen LogP contribution in [0.15, 0.2) is 42.5 Å². The maximum Gasteiger partial charge on any atom is 0.251 e. The molecule has 1 aliphatic heterocycles. The normalized spacial score (nSPS) is 13.8. The molecule has 3 rings (SSSR count). The zero-order valence-corrected chi connectivity index (χ0v) is 19.2. The number of carbonyl (C=O) groups excluding carboxylic acids is 2. The van der Waals surface area contributed by atoms with Crippen LogP contribution in [0.1, 0.15) is 56.1 Å². The van der Waals surface area contributed by atoms with Crippen molar-refractivity contribution in [2.75, 3.05) is 13.8 Å². The molecule has 1 N–H and O–H groups in total. The summed E-state index contributed by atoms with van der Waals surface area (Å²) in [5.74, 6) is 0.967. The number of carbonyl (C=O) groups is 2. The van der Waals surface area contributed by atoms with E-state index in [1.165, 1.54) is 0 Å². The zero-order valence-electron chi connectivity index (χ0n) is 19.2. The molecular weight excluding hydrogens is 392 g/mol. The summed E-state index contributed by atoms with van der Waals surface area (Å²) in [6.07, 6.45) is 0. The highest BCUT2D eigenvalue weighted by atomic mass is 16.7. The van der Waals surface area contributed by atoms with Crippen molar-refractivity contribution in [2.45, 2.75) is 52.6 Å². The summed E-state index contributed by atoms with van der Waals surface area (Å²) in [7, 11) is 1.74. The first-order chi connectivity index (χ1) is 14.6. The molecule has 0 aliphatic carbocycles. The van der Waals surface area contributed by atoms with Crippen LogP contribution in [0.3, 0.4) is 0 Å². The summed E-state index contributed by atoms with van der Waals surface area (Å²) in [5.41, 5.74) is 2.66. The highest BCUT2D eigenvalue weighted by Gasteiger charge is 2.28. The Morgan fingerprint density at radius 1 is 1.03 bits per heavy atom. The van der Waals surface area contributed by atoms with Gasteiger partial charge in [0.1, 0.15) is 6.04 Å². The lowest BCUT2D eigenvalue weighted by Crippen LogP contribution is -2.50. The Bertz CT molecular complexity index is 945. The van der Waals surface area contributed by atoms with Crippen LogP contribution in [-0.2, 0) is 16.8 Å². The van der Waals surface area contributed by atoms with Crippen molar-refractivity contribution in [1.29, 1.82) is 0 Å². The lowest BCUT2D eigenvalue weighted by molar-refractivity contribution is -0.133. The van der Waals surface area contributed by atoms with Gasteiger partial charge in [0.2, 0.25) is 12.7 Å². The number of benzene rings is 2. The number of hydrogen-bond acceptors (Lipinski definition) is 4. The fourth-order valence-corrected chi connectivity index (χ4v) is 3.49. The smallest absolute Gasteiger partial charge is 0.251 e. The maximum atomic E-state index is 13.1. The van der Waals surface area contributed by atoms with Crippen molar-refractivity contribution in [2.24, 2.45) is 5.92 Å². The lowest BCUT2D eigenvalue weighted by Gasteiger charge is -2.27. The maximum absolute atomic E-state index is 13.1. The second kappa shape index (κ2) is 9.00. The van der Waals surface area contributed by atoms with Gasteiger partial charge in [0.05, 0.1) is 0 Å². The number of fused-ring (bicyclic) bond motifs is 1. The van der Waals surface area contributed by atoms with E-state index in [0.717, 1.165) is 11.1 Å². The monoisotopic (exact) mass is 424 g/mol. The highest BCUT2D eigenvalue weighted by molar-refractivity contribution is 5.97. The first-order valence-corrected chi connectivity index (χ1v) is 10.6. The number of nitrogens with one attached hydrogen (secondary N) is 1. The summed E-state index contributed by atoms with van der Waals surface area (Å²) in [6.45, 7) is 10.9. The van der Waals surface area contributed by atoms with Gasteiger partial charge in [-0.15, -0.1) is 0 Å². The quantitative estimate of drug-likeness (QED) is 0.757. The van der Waals surface area contributed by atoms with E-state index < -0.39 is 6.04 Å². The SMILES string of the molecule is CC(C)[C@H](NC(=O)c1ccc(C(C)(C)C)cc1)C(=O)N(C)Cc1ccc2c(c1)OCO2. The standard InChI is InChI=1S/C25H32N2O4/c1-16(2)22(26-23(28)18-8-10-19(11-9-18)25(3,4)5)24(29)27(6)14-17-7-12-20-21(13-17)31-15-30-20/h7-13,16,22H,14-15H2,1-6H3,(H,26,28)/t22-/m0/s1. The Hall–Kier alpha value is -3.02. The first kappa shape index (κ1) is 22.7. The highest BCUT2D eigenvalue weighted by Crippen LogP contribution is 2.32. The van der Waals surface area contributed by atoms with E-state index in [1.54, 1.807) is 11.9 Å². The van der Waals surface area contributed by atoms with Crippen molar-refractivity contribution >= 4 is 11.8 Å². The van der Waals surface area contributed by atoms with Gasteiger partial charge in [-0.2, -0.15) is 0 Å². The molecule has 0 spiro atoms. The van der Waals surface area contributed by atoms with Crippen molar-refractivity contribution < 1.29 is 19.1 Å². The molecule has 2 aromatic carbocycles. The van der Waals surface area contributed by atoms with Crippen molar-refractivity contribution in [1.82, 2.24) is 10.2 Å². The average molecular weight is 425 g/mol. The number of ether oxygens (including phenoxy) is 2. The Labute approximate surface area is 184 Å². The zero-order chi connectivity index (χ0) is 22.8. The van der Waals surface area contributed by atoms with Crippen LogP contribution in [0.5, 0.6) is 11.5 Å². The van der Waals surface area contributed by atoms with Crippen LogP contribution >= 0.6 is 0 Å². The molecule has 166 valence electrons. The first-order valence-electron chi connectivity index (χ1n) is 10.6. The van der Waals surface area contributed by atoms with Crippen molar-refractivity contribution in [3.05, 3.63) is 59.2 Å². The molecule has 1 aliphatic rings. The molecule has 1 heterocycles. The molecule has 0 unspecified atom stereocenters. The summed E-state index contributed by atoms with van der Waals surface area (Å²) < 4.78 is 10.8. The fourth-order valence-electron chi connectivity index (χ4n) is 3.49. The van der Waals surface area contributed by atoms with Gasteiger partial charge in [-0.05, 0) is 46.7 Å². The predicted molar refractivity (Wildman–Crippen MR) is 120 cm³/mol. The van der Waals surface area contributed by atoms with Crippen molar-refractivity contribution in [3.63, 3.8) is 0 Å². The Kier molecular flexibility index (Phi) is 6.58. The molecule has 1 atom stereocenters. The van der Waals surface area contributed by atoms with Crippen LogP contribution in [0.2, 0.25) is 0 Å². The van der Waals surface area contributed by atoms with Gasteiger partial charge in [0, 0.05) is 19.2 Å². The van der Waals surface area contributed by atoms with Crippen LogP contribution in [0.25, 0.3) is 0 Å². The number of hydrogen-bond donors (Lipinski definition) is 1. The van der Waals surface area contributed by atoms with Gasteiger partial charge in [-0.25, -0.2) is 0 Å². The minimum atomic E-state index is -0.617. The van der Waals surface area contributed by atoms with Gasteiger partial charge >= 0.3 is 0 Å². The third-order valence-corrected chi connectivity index (χ3v) is 5.47. The summed E-state index contributed by atoms with van der Waals surface area (Å²) in [6, 6.07) is 12.6. The van der Waals surface area contributed by atoms with Crippen LogP contribution < -0.4 is 14.8 Å². The van der Waals surface area contributed by atoms with E-state index in [9.17, 15) is 9.59 Å². The van der Waals surface area contributed by atoms with E-state index in [2.05, 4.69) is 26.1 Å². The van der Waals surface area contributed by atoms with E-state index in [0.29, 0.717) is 23.6 Å². The van der Waals surface area contributed by atoms with E-state index in [4.69, 9.17) is 9.47 Å². The molecule has 2 aromatic rings. The van der Waals surface area contributed by atoms with E-state index >= 15 is 0 Å². The molecule has 0 saturated heterocycles. The predicted octanol–water partition coefficient (Wildman–Crippen LogP) is 4.13. The number of likely N-dealkylation sites (N-methyl/N-ethyl adjacent to an activating group) is 1. The summed E-state index contributed by atoms with van der Waals surface area (Å²) in [5, 5.41) is 2.92. The molecule has 6 nitrogen and oxygen atoms in total. The van der Waals surface area contributed by atoms with Crippen LogP contribution in [0, 0.1) is 5.92 Å². The van der Waals surface area contributed by atoms with Gasteiger partial charge in [0.15, 0.2) is 11.5 Å². The third kappa shape index (κ3) is 5.37. The topological polar surface area (TPSA) is 67.9 Å². The minimum absolute atomic E-state index is 0.0167. The van der Waals surface area contributed by atoms with Crippen molar-refractivity contribution in [3.8, 4) is 11.5 Å².